The average Bonchev–Trinajstić information content (AvgIpc) is 3.03. The van der Waals surface area contributed by atoms with E-state index in [1.807, 2.05) is 25.7 Å². The van der Waals surface area contributed by atoms with E-state index in [2.05, 4.69) is 5.32 Å². The number of likely N-dealkylation sites (tertiary alicyclic amines) is 2. The second kappa shape index (κ2) is 18.2. The molecular formula is C35H44Cl5N3O5. The Balaban J connectivity index is 0.000000309. The zero-order valence-electron chi connectivity index (χ0n) is 27.5. The van der Waals surface area contributed by atoms with Crippen molar-refractivity contribution >= 4 is 82.4 Å². The molecule has 2 aromatic rings. The van der Waals surface area contributed by atoms with Crippen LogP contribution in [0.2, 0.25) is 20.1 Å². The zero-order chi connectivity index (χ0) is 34.3. The van der Waals surface area contributed by atoms with Crippen LogP contribution in [-0.2, 0) is 9.53 Å². The van der Waals surface area contributed by atoms with Gasteiger partial charge in [-0.3, -0.25) is 14.4 Å². The number of hydrogen-bond acceptors (Lipinski definition) is 6. The summed E-state index contributed by atoms with van der Waals surface area (Å²) < 4.78 is 5.42. The van der Waals surface area contributed by atoms with Gasteiger partial charge >= 0.3 is 6.09 Å². The highest BCUT2D eigenvalue weighted by Gasteiger charge is 2.35. The summed E-state index contributed by atoms with van der Waals surface area (Å²) in [6.45, 7) is 9.52. The Labute approximate surface area is 309 Å². The third-order valence-electron chi connectivity index (χ3n) is 8.68. The molecule has 264 valence electrons. The average molecular weight is 764 g/mol. The monoisotopic (exact) mass is 761 g/mol. The van der Waals surface area contributed by atoms with Crippen LogP contribution >= 0.6 is 58.8 Å². The van der Waals surface area contributed by atoms with Gasteiger partial charge in [-0.1, -0.05) is 46.4 Å². The second-order valence-corrected chi connectivity index (χ2v) is 15.2. The van der Waals surface area contributed by atoms with E-state index in [0.29, 0.717) is 83.1 Å². The second-order valence-electron chi connectivity index (χ2n) is 13.4. The molecule has 0 unspecified atom stereocenters. The van der Waals surface area contributed by atoms with Gasteiger partial charge in [0.05, 0.1) is 0 Å². The lowest BCUT2D eigenvalue weighted by atomic mass is 9.87. The standard InChI is InChI=1S/C23H30Cl2N2O4.C12H13Cl2NO.ClH/c1-23(2,3)31-22(30)27-10-6-16(7-11-27)21(29)26-8-4-15(5-9-26)20(28)17-12-18(24)14-19(25)13-17;13-10-5-9(6-11(14)7-10)12(16)8-1-3-15-4-2-8;/h12-16H,4-11H2,1-3H3;5-8,15H,1-4H2;1H. The van der Waals surface area contributed by atoms with E-state index in [-0.39, 0.29) is 53.7 Å². The van der Waals surface area contributed by atoms with Gasteiger partial charge in [0.25, 0.3) is 0 Å². The number of nitrogens with zero attached hydrogens (tertiary/aromatic N) is 2. The van der Waals surface area contributed by atoms with Crippen LogP contribution in [-0.4, -0.2) is 78.2 Å². The molecule has 3 heterocycles. The van der Waals surface area contributed by atoms with E-state index in [1.165, 1.54) is 0 Å². The van der Waals surface area contributed by atoms with Crippen LogP contribution in [0.1, 0.15) is 80.0 Å². The van der Waals surface area contributed by atoms with Crippen LogP contribution in [0.4, 0.5) is 4.79 Å². The molecule has 3 aliphatic heterocycles. The zero-order valence-corrected chi connectivity index (χ0v) is 31.4. The first kappa shape index (κ1) is 40.4. The normalized spacial score (nSPS) is 17.9. The Hall–Kier alpha value is -2.07. The topological polar surface area (TPSA) is 96.0 Å². The number of rotatable bonds is 5. The number of halogens is 5. The maximum absolute atomic E-state index is 13.0. The fourth-order valence-electron chi connectivity index (χ4n) is 6.20. The number of carbonyl (C=O) groups is 4. The number of benzene rings is 2. The highest BCUT2D eigenvalue weighted by Crippen LogP contribution is 2.29. The number of ether oxygens (including phenoxy) is 1. The minimum atomic E-state index is -0.526. The predicted octanol–water partition coefficient (Wildman–Crippen LogP) is 8.66. The van der Waals surface area contributed by atoms with Crippen molar-refractivity contribution in [3.63, 3.8) is 0 Å². The quantitative estimate of drug-likeness (QED) is 0.307. The largest absolute Gasteiger partial charge is 0.444 e. The Morgan fingerprint density at radius 1 is 0.625 bits per heavy atom. The van der Waals surface area contributed by atoms with Crippen LogP contribution < -0.4 is 5.32 Å². The molecular weight excluding hydrogens is 720 g/mol. The van der Waals surface area contributed by atoms with Crippen molar-refractivity contribution < 1.29 is 23.9 Å². The van der Waals surface area contributed by atoms with E-state index >= 15 is 0 Å². The first-order chi connectivity index (χ1) is 22.2. The highest BCUT2D eigenvalue weighted by atomic mass is 35.5. The summed E-state index contributed by atoms with van der Waals surface area (Å²) in [6.07, 6.45) is 4.00. The molecule has 0 atom stereocenters. The van der Waals surface area contributed by atoms with Gasteiger partial charge in [0.15, 0.2) is 11.6 Å². The smallest absolute Gasteiger partial charge is 0.410 e. The van der Waals surface area contributed by atoms with Gasteiger partial charge in [-0.2, -0.15) is 0 Å². The van der Waals surface area contributed by atoms with Crippen molar-refractivity contribution in [2.75, 3.05) is 39.3 Å². The maximum Gasteiger partial charge on any atom is 0.410 e. The van der Waals surface area contributed by atoms with Crippen molar-refractivity contribution in [2.24, 2.45) is 17.8 Å². The first-order valence-corrected chi connectivity index (χ1v) is 17.7. The molecule has 1 N–H and O–H groups in total. The van der Waals surface area contributed by atoms with Crippen LogP contribution in [0.25, 0.3) is 0 Å². The summed E-state index contributed by atoms with van der Waals surface area (Å²) in [7, 11) is 0. The first-order valence-electron chi connectivity index (χ1n) is 16.2. The van der Waals surface area contributed by atoms with E-state index in [9.17, 15) is 19.2 Å². The van der Waals surface area contributed by atoms with Crippen molar-refractivity contribution in [3.05, 3.63) is 67.6 Å². The number of amides is 2. The molecule has 13 heteroatoms. The van der Waals surface area contributed by atoms with Gasteiger partial charge in [0, 0.05) is 75.2 Å². The molecule has 3 fully saturated rings. The number of Topliss-reactive ketones (excluding diaryl/α,β-unsaturated/α-hetero) is 2. The summed E-state index contributed by atoms with van der Waals surface area (Å²) in [6, 6.07) is 9.92. The summed E-state index contributed by atoms with van der Waals surface area (Å²) in [5.74, 6) is 0.203. The molecule has 2 aromatic carbocycles. The van der Waals surface area contributed by atoms with Gasteiger partial charge in [-0.15, -0.1) is 12.4 Å². The third kappa shape index (κ3) is 11.8. The van der Waals surface area contributed by atoms with Crippen molar-refractivity contribution in [2.45, 2.75) is 64.9 Å². The molecule has 48 heavy (non-hydrogen) atoms. The Morgan fingerprint density at radius 3 is 1.42 bits per heavy atom. The summed E-state index contributed by atoms with van der Waals surface area (Å²) in [5.41, 5.74) is 0.628. The molecule has 0 bridgehead atoms. The number of hydrogen-bond donors (Lipinski definition) is 1. The van der Waals surface area contributed by atoms with Gasteiger partial charge in [-0.25, -0.2) is 4.79 Å². The van der Waals surface area contributed by atoms with E-state index in [1.54, 1.807) is 41.3 Å². The van der Waals surface area contributed by atoms with Crippen LogP contribution in [0.15, 0.2) is 36.4 Å². The summed E-state index contributed by atoms with van der Waals surface area (Å²) in [5, 5.41) is 5.17. The van der Waals surface area contributed by atoms with E-state index in [4.69, 9.17) is 51.1 Å². The predicted molar refractivity (Wildman–Crippen MR) is 194 cm³/mol. The third-order valence-corrected chi connectivity index (χ3v) is 9.55. The Morgan fingerprint density at radius 2 is 1.00 bits per heavy atom. The van der Waals surface area contributed by atoms with Crippen molar-refractivity contribution in [1.29, 1.82) is 0 Å². The van der Waals surface area contributed by atoms with Crippen LogP contribution in [0.3, 0.4) is 0 Å². The maximum atomic E-state index is 13.0. The molecule has 0 aromatic heterocycles. The molecule has 0 spiro atoms. The summed E-state index contributed by atoms with van der Waals surface area (Å²) in [4.78, 5) is 53.7. The minimum absolute atomic E-state index is 0. The molecule has 0 radical (unpaired) electrons. The molecule has 3 aliphatic rings. The van der Waals surface area contributed by atoms with Gasteiger partial charge in [0.1, 0.15) is 5.60 Å². The molecule has 0 saturated carbocycles. The minimum Gasteiger partial charge on any atom is -0.444 e. The SMILES string of the molecule is CC(C)(C)OC(=O)N1CCC(C(=O)N2CCC(C(=O)c3cc(Cl)cc(Cl)c3)CC2)CC1.Cl.O=C(c1cc(Cl)cc(Cl)c1)C1CCNCC1. The molecule has 8 nitrogen and oxygen atoms in total. The van der Waals surface area contributed by atoms with E-state index < -0.39 is 5.60 Å². The lowest BCUT2D eigenvalue weighted by Gasteiger charge is -2.37. The lowest BCUT2D eigenvalue weighted by Crippen LogP contribution is -2.47. The molecule has 0 aliphatic carbocycles. The van der Waals surface area contributed by atoms with Crippen molar-refractivity contribution in [3.8, 4) is 0 Å². The van der Waals surface area contributed by atoms with Gasteiger partial charge < -0.3 is 19.9 Å². The van der Waals surface area contributed by atoms with Crippen molar-refractivity contribution in [1.82, 2.24) is 15.1 Å². The molecule has 5 rings (SSSR count). The van der Waals surface area contributed by atoms with Crippen LogP contribution in [0, 0.1) is 17.8 Å². The van der Waals surface area contributed by atoms with Gasteiger partial charge in [-0.05, 0) is 109 Å². The molecule has 2 amide bonds. The Kier molecular flexibility index (Phi) is 15.3. The summed E-state index contributed by atoms with van der Waals surface area (Å²) >= 11 is 23.8. The number of nitrogens with one attached hydrogen (secondary N) is 1. The molecule has 3 saturated heterocycles. The number of piperidine rings is 3. The number of ketones is 2. The fraction of sp³-hybridized carbons (Fsp3) is 0.543. The highest BCUT2D eigenvalue weighted by molar-refractivity contribution is 6.35. The van der Waals surface area contributed by atoms with Crippen LogP contribution in [0.5, 0.6) is 0 Å². The van der Waals surface area contributed by atoms with Gasteiger partial charge in [0.2, 0.25) is 5.91 Å². The number of carbonyl (C=O) groups excluding carboxylic acids is 4. The fourth-order valence-corrected chi connectivity index (χ4v) is 7.26. The van der Waals surface area contributed by atoms with E-state index in [0.717, 1.165) is 25.9 Å². The lowest BCUT2D eigenvalue weighted by molar-refractivity contribution is -0.138. The Bertz CT molecular complexity index is 1400.